The monoisotopic (exact) mass is 462 g/mol. The number of carboxylic acid groups (broad SMARTS) is 1. The van der Waals surface area contributed by atoms with Gasteiger partial charge in [-0.2, -0.15) is 0 Å². The molecule has 1 aliphatic carbocycles. The summed E-state index contributed by atoms with van der Waals surface area (Å²) in [6.45, 7) is 18.2. The zero-order valence-electron chi connectivity index (χ0n) is 22.0. The summed E-state index contributed by atoms with van der Waals surface area (Å²) in [7, 11) is 0. The summed E-state index contributed by atoms with van der Waals surface area (Å²) in [5, 5.41) is 9.52. The number of benzene rings is 2. The molecule has 0 bridgehead atoms. The van der Waals surface area contributed by atoms with Crippen molar-refractivity contribution in [2.75, 3.05) is 6.61 Å². The molecular weight excluding hydrogens is 420 g/mol. The maximum absolute atomic E-state index is 11.6. The van der Waals surface area contributed by atoms with Gasteiger partial charge in [0.1, 0.15) is 5.75 Å². The topological polar surface area (TPSA) is 46.5 Å². The van der Waals surface area contributed by atoms with E-state index >= 15 is 0 Å². The molecule has 0 radical (unpaired) electrons. The third-order valence-electron chi connectivity index (χ3n) is 7.50. The number of hydrogen-bond acceptors (Lipinski definition) is 2. The molecule has 0 saturated heterocycles. The normalized spacial score (nSPS) is 16.1. The molecule has 3 nitrogen and oxygen atoms in total. The van der Waals surface area contributed by atoms with E-state index in [0.29, 0.717) is 12.2 Å². The Labute approximate surface area is 206 Å². The third-order valence-corrected chi connectivity index (χ3v) is 7.50. The predicted molar refractivity (Wildman–Crippen MR) is 143 cm³/mol. The highest BCUT2D eigenvalue weighted by Gasteiger charge is 2.40. The Bertz CT molecular complexity index is 1060. The van der Waals surface area contributed by atoms with Gasteiger partial charge in [-0.3, -0.25) is 0 Å². The quantitative estimate of drug-likeness (QED) is 0.284. The standard InChI is InChI=1S/C31H42O3/c1-8-9-10-11-12-18-34-28-21(2)19-25-27(31(6,7)17-16-30(25,4)5)26(28)24-15-13-14-23(20-24)22(3)29(32)33/h13-15,19-20H,3,8-12,16-18H2,1-2,4-7H3,(H,32,33). The van der Waals surface area contributed by atoms with E-state index in [-0.39, 0.29) is 16.4 Å². The lowest BCUT2D eigenvalue weighted by Crippen LogP contribution is -2.34. The van der Waals surface area contributed by atoms with Crippen LogP contribution in [-0.2, 0) is 15.6 Å². The van der Waals surface area contributed by atoms with E-state index in [4.69, 9.17) is 4.74 Å². The number of fused-ring (bicyclic) bond motifs is 1. The van der Waals surface area contributed by atoms with Crippen molar-refractivity contribution in [3.63, 3.8) is 0 Å². The Balaban J connectivity index is 2.17. The van der Waals surface area contributed by atoms with Crippen LogP contribution in [0.15, 0.2) is 36.9 Å². The largest absolute Gasteiger partial charge is 0.493 e. The average molecular weight is 463 g/mol. The molecule has 3 rings (SSSR count). The molecule has 0 spiro atoms. The van der Waals surface area contributed by atoms with Crippen molar-refractivity contribution in [2.24, 2.45) is 0 Å². The zero-order chi connectivity index (χ0) is 25.1. The van der Waals surface area contributed by atoms with Gasteiger partial charge < -0.3 is 9.84 Å². The number of carbonyl (C=O) groups is 1. The summed E-state index contributed by atoms with van der Waals surface area (Å²) in [5.41, 5.74) is 6.82. The van der Waals surface area contributed by atoms with Crippen LogP contribution in [0.25, 0.3) is 16.7 Å². The van der Waals surface area contributed by atoms with Crippen LogP contribution < -0.4 is 4.74 Å². The molecule has 34 heavy (non-hydrogen) atoms. The lowest BCUT2D eigenvalue weighted by Gasteiger charge is -2.44. The molecular formula is C31H42O3. The Hall–Kier alpha value is -2.55. The zero-order valence-corrected chi connectivity index (χ0v) is 22.0. The van der Waals surface area contributed by atoms with Crippen LogP contribution in [0.4, 0.5) is 0 Å². The van der Waals surface area contributed by atoms with Gasteiger partial charge in [0.2, 0.25) is 0 Å². The minimum atomic E-state index is -0.992. The Morgan fingerprint density at radius 3 is 2.38 bits per heavy atom. The average Bonchev–Trinajstić information content (AvgIpc) is 2.79. The van der Waals surface area contributed by atoms with Gasteiger partial charge in [-0.25, -0.2) is 4.79 Å². The first-order valence-corrected chi connectivity index (χ1v) is 12.8. The fourth-order valence-electron chi connectivity index (χ4n) is 5.25. The molecule has 2 aromatic carbocycles. The lowest BCUT2D eigenvalue weighted by molar-refractivity contribution is -0.130. The highest BCUT2D eigenvalue weighted by atomic mass is 16.5. The van der Waals surface area contributed by atoms with E-state index in [0.717, 1.165) is 41.7 Å². The van der Waals surface area contributed by atoms with Crippen LogP contribution in [0.3, 0.4) is 0 Å². The molecule has 1 aliphatic rings. The summed E-state index contributed by atoms with van der Waals surface area (Å²) in [6, 6.07) is 10.2. The smallest absolute Gasteiger partial charge is 0.335 e. The Morgan fingerprint density at radius 1 is 1.03 bits per heavy atom. The highest BCUT2D eigenvalue weighted by molar-refractivity contribution is 6.14. The summed E-state index contributed by atoms with van der Waals surface area (Å²) < 4.78 is 6.54. The van der Waals surface area contributed by atoms with Crippen LogP contribution in [0.1, 0.15) is 102 Å². The van der Waals surface area contributed by atoms with Gasteiger partial charge in [-0.15, -0.1) is 0 Å². The summed E-state index contributed by atoms with van der Waals surface area (Å²) >= 11 is 0. The molecule has 0 saturated carbocycles. The van der Waals surface area contributed by atoms with Crippen molar-refractivity contribution in [3.8, 4) is 16.9 Å². The van der Waals surface area contributed by atoms with E-state index < -0.39 is 5.97 Å². The van der Waals surface area contributed by atoms with Crippen molar-refractivity contribution in [1.82, 2.24) is 0 Å². The van der Waals surface area contributed by atoms with Crippen LogP contribution in [0.2, 0.25) is 0 Å². The van der Waals surface area contributed by atoms with Crippen LogP contribution in [0, 0.1) is 6.92 Å². The Kier molecular flexibility index (Phi) is 7.95. The SMILES string of the molecule is C=C(C(=O)O)c1cccc(-c2c(OCCCCCCC)c(C)cc3c2C(C)(C)CCC3(C)C)c1. The van der Waals surface area contributed by atoms with Crippen LogP contribution in [-0.4, -0.2) is 17.7 Å². The molecule has 0 unspecified atom stereocenters. The van der Waals surface area contributed by atoms with Crippen molar-refractivity contribution in [2.45, 2.75) is 97.3 Å². The van der Waals surface area contributed by atoms with Crippen molar-refractivity contribution in [3.05, 3.63) is 59.2 Å². The minimum absolute atomic E-state index is 0.00701. The van der Waals surface area contributed by atoms with Gasteiger partial charge in [0.25, 0.3) is 0 Å². The number of hydrogen-bond donors (Lipinski definition) is 1. The summed E-state index contributed by atoms with van der Waals surface area (Å²) in [4.78, 5) is 11.6. The number of rotatable bonds is 10. The van der Waals surface area contributed by atoms with Crippen LogP contribution >= 0.6 is 0 Å². The second-order valence-electron chi connectivity index (χ2n) is 11.2. The van der Waals surface area contributed by atoms with E-state index in [1.807, 2.05) is 18.2 Å². The van der Waals surface area contributed by atoms with E-state index in [2.05, 4.69) is 60.3 Å². The number of carboxylic acids is 1. The van der Waals surface area contributed by atoms with Gasteiger partial charge in [-0.05, 0) is 70.9 Å². The van der Waals surface area contributed by atoms with Crippen molar-refractivity contribution in [1.29, 1.82) is 0 Å². The number of aryl methyl sites for hydroxylation is 1. The first-order chi connectivity index (χ1) is 16.0. The van der Waals surface area contributed by atoms with Gasteiger partial charge in [-0.1, -0.05) is 91.1 Å². The second-order valence-corrected chi connectivity index (χ2v) is 11.2. The highest BCUT2D eigenvalue weighted by Crippen LogP contribution is 2.53. The first kappa shape index (κ1) is 26.1. The molecule has 3 heteroatoms. The van der Waals surface area contributed by atoms with E-state index in [9.17, 15) is 9.90 Å². The van der Waals surface area contributed by atoms with E-state index in [1.54, 1.807) is 0 Å². The molecule has 2 aromatic rings. The van der Waals surface area contributed by atoms with Crippen LogP contribution in [0.5, 0.6) is 5.75 Å². The lowest BCUT2D eigenvalue weighted by atomic mass is 9.61. The second kappa shape index (κ2) is 10.4. The van der Waals surface area contributed by atoms with Crippen molar-refractivity contribution >= 4 is 11.5 Å². The van der Waals surface area contributed by atoms with E-state index in [1.165, 1.54) is 36.8 Å². The molecule has 0 aromatic heterocycles. The summed E-state index contributed by atoms with van der Waals surface area (Å²) in [5.74, 6) is -0.0495. The number of ether oxygens (including phenoxy) is 1. The van der Waals surface area contributed by atoms with Gasteiger partial charge in [0, 0.05) is 5.56 Å². The third kappa shape index (κ3) is 5.40. The molecule has 0 aliphatic heterocycles. The first-order valence-electron chi connectivity index (χ1n) is 12.8. The molecule has 0 heterocycles. The minimum Gasteiger partial charge on any atom is -0.493 e. The van der Waals surface area contributed by atoms with Crippen molar-refractivity contribution < 1.29 is 14.6 Å². The maximum Gasteiger partial charge on any atom is 0.335 e. The van der Waals surface area contributed by atoms with Gasteiger partial charge in [0.15, 0.2) is 0 Å². The summed E-state index contributed by atoms with van der Waals surface area (Å²) in [6.07, 6.45) is 8.21. The molecule has 1 N–H and O–H groups in total. The Morgan fingerprint density at radius 2 is 1.71 bits per heavy atom. The molecule has 0 atom stereocenters. The molecule has 0 fully saturated rings. The fraction of sp³-hybridized carbons (Fsp3) is 0.516. The number of unbranched alkanes of at least 4 members (excludes halogenated alkanes) is 4. The molecule has 0 amide bonds. The maximum atomic E-state index is 11.6. The fourth-order valence-corrected chi connectivity index (χ4v) is 5.25. The predicted octanol–water partition coefficient (Wildman–Crippen LogP) is 8.46. The van der Waals surface area contributed by atoms with Gasteiger partial charge in [0.05, 0.1) is 12.2 Å². The van der Waals surface area contributed by atoms with Gasteiger partial charge >= 0.3 is 5.97 Å². The molecule has 184 valence electrons. The number of aliphatic carboxylic acids is 1.